The molecule has 1 N–H and O–H groups in total. The maximum absolute atomic E-state index is 5.41. The van der Waals surface area contributed by atoms with E-state index in [0.29, 0.717) is 6.61 Å². The Morgan fingerprint density at radius 3 is 3.00 bits per heavy atom. The molecular weight excluding hydrogens is 216 g/mol. The summed E-state index contributed by atoms with van der Waals surface area (Å²) in [5, 5.41) is 3.27. The van der Waals surface area contributed by atoms with Crippen molar-refractivity contribution in [2.45, 2.75) is 13.3 Å². The van der Waals surface area contributed by atoms with Gasteiger partial charge in [0.1, 0.15) is 0 Å². The Morgan fingerprint density at radius 1 is 1.47 bits per heavy atom. The van der Waals surface area contributed by atoms with Crippen molar-refractivity contribution in [3.8, 4) is 5.75 Å². The number of hydrogen-bond donors (Lipinski definition) is 1. The third-order valence-electron chi connectivity index (χ3n) is 2.25. The van der Waals surface area contributed by atoms with E-state index in [1.54, 1.807) is 13.3 Å². The Labute approximate surface area is 103 Å². The summed E-state index contributed by atoms with van der Waals surface area (Å²) in [5.41, 5.74) is 1.91. The molecule has 0 bridgehead atoms. The molecule has 0 aliphatic rings. The van der Waals surface area contributed by atoms with Gasteiger partial charge in [-0.15, -0.1) is 6.58 Å². The van der Waals surface area contributed by atoms with Gasteiger partial charge in [0, 0.05) is 12.2 Å². The highest BCUT2D eigenvalue weighted by Gasteiger charge is 2.02. The number of aromatic nitrogens is 1. The second-order valence-corrected chi connectivity index (χ2v) is 3.64. The summed E-state index contributed by atoms with van der Waals surface area (Å²) in [7, 11) is 1.64. The first-order chi connectivity index (χ1) is 8.27. The molecule has 0 amide bonds. The van der Waals surface area contributed by atoms with Gasteiger partial charge >= 0.3 is 0 Å². The average Bonchev–Trinajstić information content (AvgIpc) is 2.34. The molecule has 0 unspecified atom stereocenters. The summed E-state index contributed by atoms with van der Waals surface area (Å²) in [4.78, 5) is 4.17. The van der Waals surface area contributed by atoms with Crippen LogP contribution in [0.4, 0.5) is 5.69 Å². The highest BCUT2D eigenvalue weighted by molar-refractivity contribution is 5.55. The van der Waals surface area contributed by atoms with Crippen molar-refractivity contribution in [2.24, 2.45) is 0 Å². The van der Waals surface area contributed by atoms with Crippen LogP contribution in [0.2, 0.25) is 0 Å². The van der Waals surface area contributed by atoms with Crippen LogP contribution in [0.3, 0.4) is 0 Å². The SMILES string of the molecule is C=CCCOCCNc1cc(C)ncc1OC. The molecule has 0 aromatic carbocycles. The molecule has 1 heterocycles. The van der Waals surface area contributed by atoms with Crippen LogP contribution >= 0.6 is 0 Å². The minimum Gasteiger partial charge on any atom is -0.493 e. The molecule has 1 aromatic rings. The van der Waals surface area contributed by atoms with Crippen LogP contribution in [0.1, 0.15) is 12.1 Å². The quantitative estimate of drug-likeness (QED) is 0.556. The number of nitrogens with zero attached hydrogens (tertiary/aromatic N) is 1. The van der Waals surface area contributed by atoms with Gasteiger partial charge in [0.15, 0.2) is 5.75 Å². The van der Waals surface area contributed by atoms with Crippen LogP contribution in [0.25, 0.3) is 0 Å². The molecule has 17 heavy (non-hydrogen) atoms. The van der Waals surface area contributed by atoms with Crippen molar-refractivity contribution in [3.63, 3.8) is 0 Å². The van der Waals surface area contributed by atoms with E-state index in [1.807, 2.05) is 19.1 Å². The minimum atomic E-state index is 0.665. The Hall–Kier alpha value is -1.55. The molecule has 1 rings (SSSR count). The lowest BCUT2D eigenvalue weighted by Gasteiger charge is -2.11. The Bertz CT molecular complexity index is 353. The first-order valence-corrected chi connectivity index (χ1v) is 5.71. The zero-order valence-corrected chi connectivity index (χ0v) is 10.5. The molecule has 0 aliphatic carbocycles. The molecule has 0 atom stereocenters. The predicted octanol–water partition coefficient (Wildman–Crippen LogP) is 2.40. The van der Waals surface area contributed by atoms with Crippen molar-refractivity contribution < 1.29 is 9.47 Å². The minimum absolute atomic E-state index is 0.665. The largest absolute Gasteiger partial charge is 0.493 e. The molecule has 0 aliphatic heterocycles. The number of hydrogen-bond acceptors (Lipinski definition) is 4. The van der Waals surface area contributed by atoms with E-state index in [4.69, 9.17) is 9.47 Å². The summed E-state index contributed by atoms with van der Waals surface area (Å²) in [5.74, 6) is 0.752. The fourth-order valence-electron chi connectivity index (χ4n) is 1.37. The maximum atomic E-state index is 5.41. The van der Waals surface area contributed by atoms with Crippen molar-refractivity contribution >= 4 is 5.69 Å². The molecule has 0 saturated heterocycles. The third kappa shape index (κ3) is 4.87. The lowest BCUT2D eigenvalue weighted by Crippen LogP contribution is -2.10. The normalized spacial score (nSPS) is 10.0. The predicted molar refractivity (Wildman–Crippen MR) is 69.6 cm³/mol. The number of rotatable bonds is 8. The number of methoxy groups -OCH3 is 1. The molecule has 1 aromatic heterocycles. The maximum Gasteiger partial charge on any atom is 0.160 e. The first-order valence-electron chi connectivity index (χ1n) is 5.71. The smallest absolute Gasteiger partial charge is 0.160 e. The zero-order chi connectivity index (χ0) is 12.5. The molecule has 0 saturated carbocycles. The van der Waals surface area contributed by atoms with Crippen LogP contribution in [0.5, 0.6) is 5.75 Å². The number of aryl methyl sites for hydroxylation is 1. The van der Waals surface area contributed by atoms with Gasteiger partial charge in [-0.2, -0.15) is 0 Å². The average molecular weight is 236 g/mol. The first kappa shape index (κ1) is 13.5. The van der Waals surface area contributed by atoms with Crippen molar-refractivity contribution in [1.82, 2.24) is 4.98 Å². The van der Waals surface area contributed by atoms with Crippen LogP contribution in [-0.2, 0) is 4.74 Å². The van der Waals surface area contributed by atoms with Crippen molar-refractivity contribution in [1.29, 1.82) is 0 Å². The Balaban J connectivity index is 2.35. The molecule has 4 heteroatoms. The summed E-state index contributed by atoms with van der Waals surface area (Å²) in [6.07, 6.45) is 4.45. The van der Waals surface area contributed by atoms with E-state index >= 15 is 0 Å². The van der Waals surface area contributed by atoms with Crippen LogP contribution in [0.15, 0.2) is 24.9 Å². The molecule has 0 radical (unpaired) electrons. The topological polar surface area (TPSA) is 43.4 Å². The number of nitrogens with one attached hydrogen (secondary N) is 1. The van der Waals surface area contributed by atoms with Crippen molar-refractivity contribution in [2.75, 3.05) is 32.2 Å². The Kier molecular flexibility index (Phi) is 6.10. The fourth-order valence-corrected chi connectivity index (χ4v) is 1.37. The highest BCUT2D eigenvalue weighted by Crippen LogP contribution is 2.22. The van der Waals surface area contributed by atoms with Gasteiger partial charge in [0.25, 0.3) is 0 Å². The second-order valence-electron chi connectivity index (χ2n) is 3.64. The Morgan fingerprint density at radius 2 is 2.29 bits per heavy atom. The summed E-state index contributed by atoms with van der Waals surface area (Å²) >= 11 is 0. The van der Waals surface area contributed by atoms with E-state index in [0.717, 1.165) is 36.7 Å². The van der Waals surface area contributed by atoms with Gasteiger partial charge in [-0.05, 0) is 19.4 Å². The summed E-state index contributed by atoms with van der Waals surface area (Å²) in [6, 6.07) is 1.96. The third-order valence-corrected chi connectivity index (χ3v) is 2.25. The van der Waals surface area contributed by atoms with Gasteiger partial charge in [-0.1, -0.05) is 6.08 Å². The summed E-state index contributed by atoms with van der Waals surface area (Å²) < 4.78 is 10.6. The van der Waals surface area contributed by atoms with E-state index in [-0.39, 0.29) is 0 Å². The lowest BCUT2D eigenvalue weighted by atomic mass is 10.3. The van der Waals surface area contributed by atoms with Gasteiger partial charge < -0.3 is 14.8 Å². The molecule has 0 spiro atoms. The second kappa shape index (κ2) is 7.68. The van der Waals surface area contributed by atoms with Gasteiger partial charge in [-0.25, -0.2) is 0 Å². The van der Waals surface area contributed by atoms with E-state index < -0.39 is 0 Å². The monoisotopic (exact) mass is 236 g/mol. The van der Waals surface area contributed by atoms with Gasteiger partial charge in [-0.3, -0.25) is 4.98 Å². The standard InChI is InChI=1S/C13H20N2O2/c1-4-5-7-17-8-6-14-12-9-11(2)15-10-13(12)16-3/h4,9-10H,1,5-8H2,2-3H3,(H,14,15). The van der Waals surface area contributed by atoms with Crippen LogP contribution in [-0.4, -0.2) is 31.9 Å². The van der Waals surface area contributed by atoms with Gasteiger partial charge in [0.05, 0.1) is 32.2 Å². The van der Waals surface area contributed by atoms with Crippen LogP contribution in [0, 0.1) is 6.92 Å². The number of ether oxygens (including phenoxy) is 2. The summed E-state index contributed by atoms with van der Waals surface area (Å²) in [6.45, 7) is 7.72. The lowest BCUT2D eigenvalue weighted by molar-refractivity contribution is 0.149. The van der Waals surface area contributed by atoms with Crippen LogP contribution < -0.4 is 10.1 Å². The van der Waals surface area contributed by atoms with E-state index in [1.165, 1.54) is 0 Å². The van der Waals surface area contributed by atoms with E-state index in [2.05, 4.69) is 16.9 Å². The number of pyridine rings is 1. The number of anilines is 1. The van der Waals surface area contributed by atoms with E-state index in [9.17, 15) is 0 Å². The van der Waals surface area contributed by atoms with Gasteiger partial charge in [0.2, 0.25) is 0 Å². The molecule has 0 fully saturated rings. The fraction of sp³-hybridized carbons (Fsp3) is 0.462. The highest BCUT2D eigenvalue weighted by atomic mass is 16.5. The van der Waals surface area contributed by atoms with Crippen molar-refractivity contribution in [3.05, 3.63) is 30.6 Å². The zero-order valence-electron chi connectivity index (χ0n) is 10.5. The molecule has 94 valence electrons. The molecular formula is C13H20N2O2. The molecule has 4 nitrogen and oxygen atoms in total.